The van der Waals surface area contributed by atoms with E-state index in [-0.39, 0.29) is 12.1 Å². The van der Waals surface area contributed by atoms with E-state index in [0.717, 1.165) is 43.1 Å². The van der Waals surface area contributed by atoms with Crippen LogP contribution in [0.15, 0.2) is 42.6 Å². The number of benzene rings is 1. The molecule has 2 aromatic rings. The number of carbonyl (C=O) groups is 1. The monoisotopic (exact) mass is 453 g/mol. The largest absolute Gasteiger partial charge is 0.489 e. The first-order valence-electron chi connectivity index (χ1n) is 11.8. The van der Waals surface area contributed by atoms with Crippen molar-refractivity contribution >= 4 is 11.8 Å². The summed E-state index contributed by atoms with van der Waals surface area (Å²) in [5, 5.41) is 2.87. The molecule has 2 aliphatic rings. The zero-order chi connectivity index (χ0) is 23.4. The summed E-state index contributed by atoms with van der Waals surface area (Å²) in [5.41, 5.74) is 1.61. The smallest absolute Gasteiger partial charge is 0.408 e. The van der Waals surface area contributed by atoms with Crippen LogP contribution in [0.4, 0.5) is 10.5 Å². The molecule has 1 aromatic heterocycles. The van der Waals surface area contributed by atoms with E-state index < -0.39 is 11.7 Å². The Hall–Kier alpha value is -2.96. The molecule has 1 aliphatic heterocycles. The highest BCUT2D eigenvalue weighted by molar-refractivity contribution is 5.68. The molecule has 4 rings (SSSR count). The maximum Gasteiger partial charge on any atom is 0.408 e. The van der Waals surface area contributed by atoms with Crippen molar-refractivity contribution in [1.82, 2.24) is 10.3 Å². The summed E-state index contributed by atoms with van der Waals surface area (Å²) in [6.45, 7) is 10.0. The lowest BCUT2D eigenvalue weighted by molar-refractivity contribution is 0.0508. The molecule has 1 N–H and O–H groups in total. The summed E-state index contributed by atoms with van der Waals surface area (Å²) in [7, 11) is 0. The average Bonchev–Trinajstić information content (AvgIpc) is 3.48. The highest BCUT2D eigenvalue weighted by Gasteiger charge is 2.26. The van der Waals surface area contributed by atoms with E-state index in [1.165, 1.54) is 12.8 Å². The van der Waals surface area contributed by atoms with E-state index in [0.29, 0.717) is 11.8 Å². The Bertz CT molecular complexity index is 937. The van der Waals surface area contributed by atoms with Crippen molar-refractivity contribution in [3.63, 3.8) is 0 Å². The second-order valence-corrected chi connectivity index (χ2v) is 10.0. The Morgan fingerprint density at radius 3 is 2.64 bits per heavy atom. The second-order valence-electron chi connectivity index (χ2n) is 10.0. The van der Waals surface area contributed by atoms with Gasteiger partial charge in [0.2, 0.25) is 5.88 Å². The lowest BCUT2D eigenvalue weighted by Gasteiger charge is -2.22. The zero-order valence-electron chi connectivity index (χ0n) is 20.0. The minimum absolute atomic E-state index is 0.122. The maximum absolute atomic E-state index is 12.0. The summed E-state index contributed by atoms with van der Waals surface area (Å²) in [6, 6.07) is 11.8. The maximum atomic E-state index is 12.0. The normalized spacial score (nSPS) is 19.2. The van der Waals surface area contributed by atoms with E-state index in [9.17, 15) is 4.79 Å². The van der Waals surface area contributed by atoms with Gasteiger partial charge in [0.15, 0.2) is 0 Å². The zero-order valence-corrected chi connectivity index (χ0v) is 20.0. The molecule has 33 heavy (non-hydrogen) atoms. The van der Waals surface area contributed by atoms with E-state index in [2.05, 4.69) is 15.2 Å². The molecule has 7 nitrogen and oxygen atoms in total. The molecule has 1 saturated heterocycles. The fourth-order valence-corrected chi connectivity index (χ4v) is 3.82. The summed E-state index contributed by atoms with van der Waals surface area (Å²) in [4.78, 5) is 18.7. The van der Waals surface area contributed by atoms with Crippen LogP contribution in [-0.4, -0.2) is 42.5 Å². The van der Waals surface area contributed by atoms with Crippen LogP contribution < -0.4 is 19.7 Å². The number of ether oxygens (including phenoxy) is 3. The van der Waals surface area contributed by atoms with Crippen LogP contribution in [0.5, 0.6) is 11.6 Å². The first-order valence-corrected chi connectivity index (χ1v) is 11.8. The number of aromatic nitrogens is 1. The van der Waals surface area contributed by atoms with Crippen molar-refractivity contribution in [2.45, 2.75) is 64.7 Å². The molecular formula is C26H35N3O4. The van der Waals surface area contributed by atoms with Crippen molar-refractivity contribution in [2.75, 3.05) is 24.6 Å². The third-order valence-electron chi connectivity index (χ3n) is 5.81. The molecule has 0 radical (unpaired) electrons. The molecule has 2 atom stereocenters. The van der Waals surface area contributed by atoms with Crippen molar-refractivity contribution in [3.8, 4) is 11.6 Å². The molecule has 1 aromatic carbocycles. The van der Waals surface area contributed by atoms with Gasteiger partial charge in [0.25, 0.3) is 0 Å². The predicted octanol–water partition coefficient (Wildman–Crippen LogP) is 5.11. The predicted molar refractivity (Wildman–Crippen MR) is 128 cm³/mol. The van der Waals surface area contributed by atoms with E-state index in [4.69, 9.17) is 14.2 Å². The van der Waals surface area contributed by atoms with Gasteiger partial charge in [-0.15, -0.1) is 0 Å². The van der Waals surface area contributed by atoms with Gasteiger partial charge in [0.1, 0.15) is 17.5 Å². The summed E-state index contributed by atoms with van der Waals surface area (Å²) < 4.78 is 17.4. The van der Waals surface area contributed by atoms with Crippen LogP contribution in [-0.2, 0) is 4.74 Å². The SMILES string of the molecule is C[C@H](NC(=O)OC(C)(C)C)c1ccc(O[C@@H]2CCN(c3ccnc(OCC4CC4)c3)C2)cc1. The summed E-state index contributed by atoms with van der Waals surface area (Å²) in [6.07, 6.45) is 5.02. The van der Waals surface area contributed by atoms with Gasteiger partial charge in [-0.3, -0.25) is 0 Å². The number of anilines is 1. The number of hydrogen-bond acceptors (Lipinski definition) is 6. The number of nitrogens with one attached hydrogen (secondary N) is 1. The Labute approximate surface area is 196 Å². The molecule has 7 heteroatoms. The van der Waals surface area contributed by atoms with Gasteiger partial charge in [0, 0.05) is 30.9 Å². The van der Waals surface area contributed by atoms with Crippen molar-refractivity contribution < 1.29 is 19.0 Å². The first-order chi connectivity index (χ1) is 15.7. The Kier molecular flexibility index (Phi) is 6.96. The minimum atomic E-state index is -0.516. The van der Waals surface area contributed by atoms with Crippen LogP contribution in [0.2, 0.25) is 0 Å². The summed E-state index contributed by atoms with van der Waals surface area (Å²) >= 11 is 0. The van der Waals surface area contributed by atoms with Gasteiger partial charge in [0.05, 0.1) is 19.2 Å². The Morgan fingerprint density at radius 2 is 1.94 bits per heavy atom. The number of alkyl carbamates (subject to hydrolysis) is 1. The number of pyridine rings is 1. The van der Waals surface area contributed by atoms with Gasteiger partial charge >= 0.3 is 6.09 Å². The molecule has 0 unspecified atom stereocenters. The topological polar surface area (TPSA) is 72.9 Å². The lowest BCUT2D eigenvalue weighted by Crippen LogP contribution is -2.34. The Morgan fingerprint density at radius 1 is 1.18 bits per heavy atom. The van der Waals surface area contributed by atoms with E-state index >= 15 is 0 Å². The number of carbonyl (C=O) groups excluding carboxylic acids is 1. The third kappa shape index (κ3) is 7.01. The minimum Gasteiger partial charge on any atom is -0.489 e. The van der Waals surface area contributed by atoms with Crippen LogP contribution in [0.25, 0.3) is 0 Å². The van der Waals surface area contributed by atoms with Crippen molar-refractivity contribution in [3.05, 3.63) is 48.2 Å². The van der Waals surface area contributed by atoms with Crippen LogP contribution in [0.1, 0.15) is 58.6 Å². The highest BCUT2D eigenvalue weighted by Crippen LogP contribution is 2.30. The fraction of sp³-hybridized carbons (Fsp3) is 0.538. The van der Waals surface area contributed by atoms with Crippen LogP contribution in [0, 0.1) is 5.92 Å². The van der Waals surface area contributed by atoms with Crippen molar-refractivity contribution in [1.29, 1.82) is 0 Å². The van der Waals surface area contributed by atoms with Crippen LogP contribution >= 0.6 is 0 Å². The van der Waals surface area contributed by atoms with Gasteiger partial charge in [-0.1, -0.05) is 12.1 Å². The average molecular weight is 454 g/mol. The van der Waals surface area contributed by atoms with E-state index in [1.54, 1.807) is 0 Å². The lowest BCUT2D eigenvalue weighted by atomic mass is 10.1. The Balaban J connectivity index is 1.27. The number of hydrogen-bond donors (Lipinski definition) is 1. The quantitative estimate of drug-likeness (QED) is 0.599. The summed E-state index contributed by atoms with van der Waals surface area (Å²) in [5.74, 6) is 2.24. The standard InChI is InChI=1S/C26H35N3O4/c1-18(28-25(30)33-26(2,3)4)20-7-9-22(10-8-20)32-23-12-14-29(16-23)21-11-13-27-24(15-21)31-17-19-5-6-19/h7-11,13,15,18-19,23H,5-6,12,14,16-17H2,1-4H3,(H,28,30)/t18-,23+/m0/s1. The van der Waals surface area contributed by atoms with E-state index in [1.807, 2.05) is 70.3 Å². The van der Waals surface area contributed by atoms with Gasteiger partial charge in [-0.25, -0.2) is 9.78 Å². The number of rotatable bonds is 8. The molecule has 178 valence electrons. The second kappa shape index (κ2) is 9.89. The number of nitrogens with zero attached hydrogens (tertiary/aromatic N) is 2. The van der Waals surface area contributed by atoms with Crippen molar-refractivity contribution in [2.24, 2.45) is 5.92 Å². The third-order valence-corrected chi connectivity index (χ3v) is 5.81. The first kappa shape index (κ1) is 23.2. The van der Waals surface area contributed by atoms with Gasteiger partial charge in [-0.05, 0) is 70.2 Å². The molecule has 1 amide bonds. The molecule has 1 saturated carbocycles. The molecular weight excluding hydrogens is 418 g/mol. The van der Waals surface area contributed by atoms with Crippen LogP contribution in [0.3, 0.4) is 0 Å². The molecule has 2 fully saturated rings. The highest BCUT2D eigenvalue weighted by atomic mass is 16.6. The molecule has 2 heterocycles. The fourth-order valence-electron chi connectivity index (χ4n) is 3.82. The number of amides is 1. The van der Waals surface area contributed by atoms with Gasteiger partial charge < -0.3 is 24.4 Å². The molecule has 1 aliphatic carbocycles. The van der Waals surface area contributed by atoms with Gasteiger partial charge in [-0.2, -0.15) is 0 Å². The molecule has 0 bridgehead atoms. The molecule has 0 spiro atoms.